The number of nitrogens with zero attached hydrogens (tertiary/aromatic N) is 2. The van der Waals surface area contributed by atoms with Crippen LogP contribution < -0.4 is 0 Å². The summed E-state index contributed by atoms with van der Waals surface area (Å²) >= 11 is 0. The number of rotatable bonds is 11. The molecule has 0 aromatic heterocycles. The van der Waals surface area contributed by atoms with Gasteiger partial charge in [0.1, 0.15) is 0 Å². The zero-order chi connectivity index (χ0) is 14.8. The van der Waals surface area contributed by atoms with Crippen LogP contribution in [0.15, 0.2) is 0 Å². The lowest BCUT2D eigenvalue weighted by atomic mass is 10.2. The predicted octanol–water partition coefficient (Wildman–Crippen LogP) is 4.22. The second-order valence-electron chi connectivity index (χ2n) is 5.79. The summed E-state index contributed by atoms with van der Waals surface area (Å²) in [4.78, 5) is 5.10. The Kier molecular flexibility index (Phi) is 11.7. The van der Waals surface area contributed by atoms with Gasteiger partial charge in [-0.1, -0.05) is 28.5 Å². The van der Waals surface area contributed by atoms with E-state index in [0.717, 1.165) is 6.54 Å². The smallest absolute Gasteiger partial charge is 0.0165 e. The molecule has 0 amide bonds. The van der Waals surface area contributed by atoms with Crippen molar-refractivity contribution in [2.24, 2.45) is 0 Å². The maximum Gasteiger partial charge on any atom is 0.0165 e. The van der Waals surface area contributed by atoms with Crippen LogP contribution in [0, 0.1) is 0 Å². The first kappa shape index (κ1) is 19.6. The highest BCUT2D eigenvalue weighted by molar-refractivity contribution is 8.76. The molecule has 0 aromatic rings. The van der Waals surface area contributed by atoms with Crippen LogP contribution in [0.25, 0.3) is 0 Å². The molecule has 0 saturated carbocycles. The molecule has 0 heterocycles. The van der Waals surface area contributed by atoms with Crippen molar-refractivity contribution in [3.8, 4) is 0 Å². The lowest BCUT2D eigenvalue weighted by Gasteiger charge is -2.30. The van der Waals surface area contributed by atoms with Crippen molar-refractivity contribution in [3.63, 3.8) is 0 Å². The zero-order valence-electron chi connectivity index (χ0n) is 14.0. The predicted molar refractivity (Wildman–Crippen MR) is 94.3 cm³/mol. The first-order chi connectivity index (χ1) is 8.90. The molecule has 0 unspecified atom stereocenters. The van der Waals surface area contributed by atoms with Gasteiger partial charge in [0.15, 0.2) is 0 Å². The van der Waals surface area contributed by atoms with Crippen molar-refractivity contribution in [1.29, 1.82) is 0 Å². The Labute approximate surface area is 129 Å². The summed E-state index contributed by atoms with van der Waals surface area (Å²) in [5, 5.41) is 0. The molecule has 0 bridgehead atoms. The highest BCUT2D eigenvalue weighted by Gasteiger charge is 2.12. The van der Waals surface area contributed by atoms with Crippen LogP contribution >= 0.6 is 21.6 Å². The van der Waals surface area contributed by atoms with Crippen LogP contribution in [0.4, 0.5) is 0 Å². The third-order valence-electron chi connectivity index (χ3n) is 3.44. The minimum atomic E-state index is 0.655. The van der Waals surface area contributed by atoms with Gasteiger partial charge < -0.3 is 4.90 Å². The molecule has 0 aliphatic rings. The molecule has 0 rings (SSSR count). The molecular formula is C15H34N2S2. The minimum Gasteiger partial charge on any atom is -0.300 e. The summed E-state index contributed by atoms with van der Waals surface area (Å²) in [7, 11) is 4.06. The summed E-state index contributed by atoms with van der Waals surface area (Å²) in [6.07, 6.45) is 0. The number of hydrogen-bond acceptors (Lipinski definition) is 4. The topological polar surface area (TPSA) is 6.48 Å². The second kappa shape index (κ2) is 11.3. The van der Waals surface area contributed by atoms with Crippen LogP contribution in [0.2, 0.25) is 0 Å². The van der Waals surface area contributed by atoms with Crippen molar-refractivity contribution in [2.45, 2.75) is 66.6 Å². The third kappa shape index (κ3) is 9.22. The Morgan fingerprint density at radius 2 is 1.21 bits per heavy atom. The molecule has 19 heavy (non-hydrogen) atoms. The van der Waals surface area contributed by atoms with Crippen molar-refractivity contribution >= 4 is 21.6 Å². The zero-order valence-corrected chi connectivity index (χ0v) is 15.6. The van der Waals surface area contributed by atoms with E-state index in [4.69, 9.17) is 0 Å². The lowest BCUT2D eigenvalue weighted by molar-refractivity contribution is 0.187. The largest absolute Gasteiger partial charge is 0.300 e. The molecule has 0 radical (unpaired) electrons. The molecule has 0 N–H and O–H groups in total. The highest BCUT2D eigenvalue weighted by atomic mass is 33.1. The van der Waals surface area contributed by atoms with Gasteiger partial charge >= 0.3 is 0 Å². The van der Waals surface area contributed by atoms with E-state index in [9.17, 15) is 0 Å². The molecule has 0 aliphatic carbocycles. The summed E-state index contributed by atoms with van der Waals surface area (Å²) in [6, 6.07) is 1.98. The average Bonchev–Trinajstić information content (AvgIpc) is 2.31. The van der Waals surface area contributed by atoms with Crippen molar-refractivity contribution in [3.05, 3.63) is 0 Å². The van der Waals surface area contributed by atoms with E-state index in [1.807, 2.05) is 21.6 Å². The Bertz CT molecular complexity index is 200. The molecule has 2 nitrogen and oxygen atoms in total. The van der Waals surface area contributed by atoms with Crippen molar-refractivity contribution in [2.75, 3.05) is 31.1 Å². The summed E-state index contributed by atoms with van der Waals surface area (Å²) < 4.78 is 0. The van der Waals surface area contributed by atoms with Crippen LogP contribution in [0.3, 0.4) is 0 Å². The van der Waals surface area contributed by atoms with Gasteiger partial charge in [-0.2, -0.15) is 0 Å². The first-order valence-electron chi connectivity index (χ1n) is 7.64. The van der Waals surface area contributed by atoms with Crippen molar-refractivity contribution in [1.82, 2.24) is 9.80 Å². The van der Waals surface area contributed by atoms with E-state index in [-0.39, 0.29) is 0 Å². The highest BCUT2D eigenvalue weighted by Crippen LogP contribution is 2.22. The maximum absolute atomic E-state index is 2.57. The molecule has 0 spiro atoms. The van der Waals surface area contributed by atoms with Crippen LogP contribution in [0.1, 0.15) is 48.5 Å². The molecule has 116 valence electrons. The summed E-state index contributed by atoms with van der Waals surface area (Å²) in [6.45, 7) is 19.6. The molecule has 0 saturated heterocycles. The molecule has 0 aliphatic heterocycles. The Balaban J connectivity index is 3.64. The van der Waals surface area contributed by atoms with Gasteiger partial charge in [0.25, 0.3) is 0 Å². The minimum absolute atomic E-state index is 0.655. The maximum atomic E-state index is 2.57. The van der Waals surface area contributed by atoms with Gasteiger partial charge in [0, 0.05) is 42.7 Å². The standard InChI is InChI=1S/C15H34N2S2/c1-8-16(13(2)3)9-11-18-19-12-10-17(14(4)5)15(6)7/h13-15H,8-12H2,1-7H3. The molecule has 0 fully saturated rings. The second-order valence-corrected chi connectivity index (χ2v) is 8.49. The first-order valence-corrected chi connectivity index (χ1v) is 10.1. The molecule has 0 aromatic carbocycles. The van der Waals surface area contributed by atoms with E-state index in [1.165, 1.54) is 24.6 Å². The van der Waals surface area contributed by atoms with Gasteiger partial charge in [0.05, 0.1) is 0 Å². The fourth-order valence-corrected chi connectivity index (χ4v) is 4.29. The number of hydrogen-bond donors (Lipinski definition) is 0. The lowest BCUT2D eigenvalue weighted by Crippen LogP contribution is -2.38. The average molecular weight is 307 g/mol. The Morgan fingerprint density at radius 1 is 0.737 bits per heavy atom. The normalized spacial score (nSPS) is 12.6. The summed E-state index contributed by atoms with van der Waals surface area (Å²) in [5.74, 6) is 2.47. The van der Waals surface area contributed by atoms with E-state index in [0.29, 0.717) is 18.1 Å². The Hall–Kier alpha value is 0.620. The van der Waals surface area contributed by atoms with E-state index >= 15 is 0 Å². The molecule has 4 heteroatoms. The fourth-order valence-electron chi connectivity index (χ4n) is 2.31. The van der Waals surface area contributed by atoms with Gasteiger partial charge in [-0.05, 0) is 48.1 Å². The van der Waals surface area contributed by atoms with Crippen LogP contribution in [0.5, 0.6) is 0 Å². The van der Waals surface area contributed by atoms with E-state index in [2.05, 4.69) is 58.3 Å². The van der Waals surface area contributed by atoms with Crippen molar-refractivity contribution < 1.29 is 0 Å². The quantitative estimate of drug-likeness (QED) is 0.416. The molecular weight excluding hydrogens is 272 g/mol. The van der Waals surface area contributed by atoms with Gasteiger partial charge in [-0.3, -0.25) is 4.90 Å². The monoisotopic (exact) mass is 306 g/mol. The fraction of sp³-hybridized carbons (Fsp3) is 1.00. The summed E-state index contributed by atoms with van der Waals surface area (Å²) in [5.41, 5.74) is 0. The van der Waals surface area contributed by atoms with Gasteiger partial charge in [-0.15, -0.1) is 0 Å². The van der Waals surface area contributed by atoms with E-state index < -0.39 is 0 Å². The van der Waals surface area contributed by atoms with Gasteiger partial charge in [-0.25, -0.2) is 0 Å². The SMILES string of the molecule is CCN(CCSSCCN(C(C)C)C(C)C)C(C)C. The van der Waals surface area contributed by atoms with Crippen LogP contribution in [-0.4, -0.2) is 59.1 Å². The van der Waals surface area contributed by atoms with Gasteiger partial charge in [0.2, 0.25) is 0 Å². The third-order valence-corrected chi connectivity index (χ3v) is 5.81. The molecule has 0 atom stereocenters. The van der Waals surface area contributed by atoms with Crippen LogP contribution in [-0.2, 0) is 0 Å². The van der Waals surface area contributed by atoms with E-state index in [1.54, 1.807) is 0 Å². The Morgan fingerprint density at radius 3 is 1.58 bits per heavy atom.